The van der Waals surface area contributed by atoms with Gasteiger partial charge in [-0.3, -0.25) is 4.90 Å². The number of imidazole rings is 1. The van der Waals surface area contributed by atoms with Crippen molar-refractivity contribution in [2.24, 2.45) is 13.0 Å². The molecule has 2 atom stereocenters. The van der Waals surface area contributed by atoms with Gasteiger partial charge in [-0.15, -0.1) is 0 Å². The van der Waals surface area contributed by atoms with Crippen LogP contribution in [0, 0.1) is 11.7 Å². The second-order valence-corrected chi connectivity index (χ2v) is 6.41. The van der Waals surface area contributed by atoms with E-state index >= 15 is 0 Å². The van der Waals surface area contributed by atoms with Crippen LogP contribution in [0.3, 0.4) is 0 Å². The molecule has 0 saturated carbocycles. The second-order valence-electron chi connectivity index (χ2n) is 6.41. The Labute approximate surface area is 141 Å². The maximum atomic E-state index is 14.3. The van der Waals surface area contributed by atoms with Gasteiger partial charge in [0, 0.05) is 44.0 Å². The van der Waals surface area contributed by atoms with E-state index in [1.807, 2.05) is 17.8 Å². The Morgan fingerprint density at radius 3 is 3.00 bits per heavy atom. The second kappa shape index (κ2) is 7.32. The summed E-state index contributed by atoms with van der Waals surface area (Å²) in [5, 5.41) is 10.6. The standard InChI is InChI=1S/C18H24FN3O2/c1-21-10-8-20-18(21)17(23)14-6-4-9-22(12-14)11-13-5-3-7-15(24-2)16(13)19/h3,5,7-8,10,14,17,23H,4,6,9,11-12H2,1-2H3. The lowest BCUT2D eigenvalue weighted by molar-refractivity contribution is 0.0401. The topological polar surface area (TPSA) is 50.5 Å². The maximum absolute atomic E-state index is 14.3. The molecule has 1 aliphatic heterocycles. The minimum absolute atomic E-state index is 0.105. The van der Waals surface area contributed by atoms with Crippen molar-refractivity contribution in [3.8, 4) is 5.75 Å². The van der Waals surface area contributed by atoms with Crippen LogP contribution in [0.15, 0.2) is 30.6 Å². The number of rotatable bonds is 5. The van der Waals surface area contributed by atoms with Crippen LogP contribution in [0.1, 0.15) is 30.3 Å². The van der Waals surface area contributed by atoms with E-state index in [0.29, 0.717) is 17.9 Å². The number of aryl methyl sites for hydroxylation is 1. The molecule has 0 aliphatic carbocycles. The largest absolute Gasteiger partial charge is 0.494 e. The number of likely N-dealkylation sites (tertiary alicyclic amines) is 1. The Hall–Kier alpha value is -1.92. The molecule has 1 aromatic carbocycles. The monoisotopic (exact) mass is 333 g/mol. The summed E-state index contributed by atoms with van der Waals surface area (Å²) >= 11 is 0. The Morgan fingerprint density at radius 1 is 1.46 bits per heavy atom. The van der Waals surface area contributed by atoms with Crippen LogP contribution in [0.5, 0.6) is 5.75 Å². The van der Waals surface area contributed by atoms with Gasteiger partial charge in [-0.05, 0) is 25.5 Å². The van der Waals surface area contributed by atoms with E-state index in [4.69, 9.17) is 4.74 Å². The first-order chi connectivity index (χ1) is 11.6. The van der Waals surface area contributed by atoms with Crippen LogP contribution in [0.4, 0.5) is 4.39 Å². The van der Waals surface area contributed by atoms with Crippen molar-refractivity contribution in [2.75, 3.05) is 20.2 Å². The van der Waals surface area contributed by atoms with E-state index in [1.54, 1.807) is 24.4 Å². The minimum atomic E-state index is -0.594. The van der Waals surface area contributed by atoms with Gasteiger partial charge >= 0.3 is 0 Å². The van der Waals surface area contributed by atoms with Crippen molar-refractivity contribution in [3.05, 3.63) is 47.8 Å². The first-order valence-electron chi connectivity index (χ1n) is 8.29. The summed E-state index contributed by atoms with van der Waals surface area (Å²) in [6, 6.07) is 5.22. The fourth-order valence-corrected chi connectivity index (χ4v) is 3.44. The molecule has 2 unspecified atom stereocenters. The van der Waals surface area contributed by atoms with Crippen molar-refractivity contribution in [1.82, 2.24) is 14.5 Å². The van der Waals surface area contributed by atoms with Gasteiger partial charge in [0.25, 0.3) is 0 Å². The van der Waals surface area contributed by atoms with Crippen molar-refractivity contribution in [2.45, 2.75) is 25.5 Å². The highest BCUT2D eigenvalue weighted by Gasteiger charge is 2.29. The molecule has 130 valence electrons. The van der Waals surface area contributed by atoms with Gasteiger partial charge in [-0.2, -0.15) is 0 Å². The number of aromatic nitrogens is 2. The zero-order chi connectivity index (χ0) is 17.1. The predicted octanol–water partition coefficient (Wildman–Crippen LogP) is 2.51. The van der Waals surface area contributed by atoms with Gasteiger partial charge in [0.2, 0.25) is 0 Å². The zero-order valence-corrected chi connectivity index (χ0v) is 14.2. The number of aliphatic hydroxyl groups excluding tert-OH is 1. The molecule has 1 N–H and O–H groups in total. The number of piperidine rings is 1. The summed E-state index contributed by atoms with van der Waals surface area (Å²) in [5.41, 5.74) is 0.626. The van der Waals surface area contributed by atoms with E-state index in [9.17, 15) is 9.50 Å². The highest BCUT2D eigenvalue weighted by molar-refractivity contribution is 5.31. The van der Waals surface area contributed by atoms with Crippen molar-refractivity contribution in [3.63, 3.8) is 0 Å². The van der Waals surface area contributed by atoms with E-state index in [1.165, 1.54) is 7.11 Å². The van der Waals surface area contributed by atoms with E-state index < -0.39 is 6.10 Å². The molecule has 3 rings (SSSR count). The molecule has 2 aromatic rings. The molecular formula is C18H24FN3O2. The Bertz CT molecular complexity index is 689. The quantitative estimate of drug-likeness (QED) is 0.913. The lowest BCUT2D eigenvalue weighted by Gasteiger charge is -2.35. The van der Waals surface area contributed by atoms with E-state index in [2.05, 4.69) is 9.88 Å². The van der Waals surface area contributed by atoms with Crippen molar-refractivity contribution < 1.29 is 14.2 Å². The first-order valence-corrected chi connectivity index (χ1v) is 8.29. The molecule has 1 aromatic heterocycles. The smallest absolute Gasteiger partial charge is 0.169 e. The number of hydrogen-bond acceptors (Lipinski definition) is 4. The van der Waals surface area contributed by atoms with Gasteiger partial charge in [0.1, 0.15) is 11.9 Å². The number of halogens is 1. The summed E-state index contributed by atoms with van der Waals surface area (Å²) in [5.74, 6) is 0.767. The number of nitrogens with zero attached hydrogens (tertiary/aromatic N) is 3. The summed E-state index contributed by atoms with van der Waals surface area (Å²) in [6.07, 6.45) is 4.88. The third-order valence-electron chi connectivity index (χ3n) is 4.77. The van der Waals surface area contributed by atoms with Gasteiger partial charge < -0.3 is 14.4 Å². The molecule has 1 saturated heterocycles. The molecule has 2 heterocycles. The minimum Gasteiger partial charge on any atom is -0.494 e. The molecule has 6 heteroatoms. The normalized spacial score (nSPS) is 20.1. The predicted molar refractivity (Wildman–Crippen MR) is 89.1 cm³/mol. The lowest BCUT2D eigenvalue weighted by atomic mass is 9.91. The van der Waals surface area contributed by atoms with Gasteiger partial charge in [0.15, 0.2) is 11.6 Å². The number of ether oxygens (including phenoxy) is 1. The Balaban J connectivity index is 1.69. The summed E-state index contributed by atoms with van der Waals surface area (Å²) in [7, 11) is 3.36. The number of hydrogen-bond donors (Lipinski definition) is 1. The molecule has 5 nitrogen and oxygen atoms in total. The molecule has 0 bridgehead atoms. The van der Waals surface area contributed by atoms with Crippen LogP contribution in [-0.2, 0) is 13.6 Å². The van der Waals surface area contributed by atoms with Crippen LogP contribution in [0.25, 0.3) is 0 Å². The van der Waals surface area contributed by atoms with E-state index in [-0.39, 0.29) is 17.5 Å². The Morgan fingerprint density at radius 2 is 2.29 bits per heavy atom. The van der Waals surface area contributed by atoms with E-state index in [0.717, 1.165) is 25.9 Å². The summed E-state index contributed by atoms with van der Waals surface area (Å²) < 4.78 is 21.2. The SMILES string of the molecule is COc1cccc(CN2CCCC(C(O)c3nccn3C)C2)c1F. The number of aliphatic hydroxyl groups is 1. The highest BCUT2D eigenvalue weighted by atomic mass is 19.1. The maximum Gasteiger partial charge on any atom is 0.169 e. The average Bonchev–Trinajstić information content (AvgIpc) is 3.02. The summed E-state index contributed by atoms with van der Waals surface area (Å²) in [6.45, 7) is 2.15. The molecule has 24 heavy (non-hydrogen) atoms. The third kappa shape index (κ3) is 3.44. The van der Waals surface area contributed by atoms with Gasteiger partial charge in [-0.1, -0.05) is 12.1 Å². The van der Waals surface area contributed by atoms with Crippen molar-refractivity contribution in [1.29, 1.82) is 0 Å². The number of benzene rings is 1. The summed E-state index contributed by atoms with van der Waals surface area (Å²) in [4.78, 5) is 6.45. The highest BCUT2D eigenvalue weighted by Crippen LogP contribution is 2.30. The zero-order valence-electron chi connectivity index (χ0n) is 14.2. The van der Waals surface area contributed by atoms with Gasteiger partial charge in [-0.25, -0.2) is 9.37 Å². The van der Waals surface area contributed by atoms with Gasteiger partial charge in [0.05, 0.1) is 7.11 Å². The van der Waals surface area contributed by atoms with Crippen molar-refractivity contribution >= 4 is 0 Å². The molecular weight excluding hydrogens is 309 g/mol. The fourth-order valence-electron chi connectivity index (χ4n) is 3.44. The number of methoxy groups -OCH3 is 1. The molecule has 0 amide bonds. The van der Waals surface area contributed by atoms with Crippen LogP contribution in [0.2, 0.25) is 0 Å². The first kappa shape index (κ1) is 16.9. The fraction of sp³-hybridized carbons (Fsp3) is 0.500. The third-order valence-corrected chi connectivity index (χ3v) is 4.77. The molecule has 0 spiro atoms. The molecule has 1 fully saturated rings. The average molecular weight is 333 g/mol. The lowest BCUT2D eigenvalue weighted by Crippen LogP contribution is -2.38. The Kier molecular flexibility index (Phi) is 5.16. The molecule has 0 radical (unpaired) electrons. The molecule has 1 aliphatic rings. The van der Waals surface area contributed by atoms with Crippen LogP contribution < -0.4 is 4.74 Å². The van der Waals surface area contributed by atoms with Crippen LogP contribution >= 0.6 is 0 Å². The van der Waals surface area contributed by atoms with Crippen LogP contribution in [-0.4, -0.2) is 39.8 Å².